The van der Waals surface area contributed by atoms with Gasteiger partial charge in [-0.3, -0.25) is 15.4 Å². The molecule has 1 unspecified atom stereocenters. The van der Waals surface area contributed by atoms with Gasteiger partial charge in [0.1, 0.15) is 29.6 Å². The summed E-state index contributed by atoms with van der Waals surface area (Å²) in [6.07, 6.45) is 8.41. The van der Waals surface area contributed by atoms with Crippen LogP contribution in [-0.4, -0.2) is 73.4 Å². The zero-order valence-electron chi connectivity index (χ0n) is 24.7. The molecule has 0 spiro atoms. The van der Waals surface area contributed by atoms with Gasteiger partial charge in [-0.15, -0.1) is 0 Å². The molecule has 228 valence electrons. The van der Waals surface area contributed by atoms with Crippen molar-refractivity contribution in [2.24, 2.45) is 7.05 Å². The fourth-order valence-electron chi connectivity index (χ4n) is 5.66. The Hall–Kier alpha value is -4.20. The van der Waals surface area contributed by atoms with Gasteiger partial charge in [0.2, 0.25) is 5.88 Å². The van der Waals surface area contributed by atoms with E-state index in [1.807, 2.05) is 38.2 Å². The fraction of sp³-hybridized carbons (Fsp3) is 0.467. The van der Waals surface area contributed by atoms with Crippen LogP contribution < -0.4 is 24.9 Å². The van der Waals surface area contributed by atoms with Gasteiger partial charge in [-0.05, 0) is 57.2 Å². The number of morpholine rings is 1. The van der Waals surface area contributed by atoms with E-state index in [9.17, 15) is 10.4 Å². The number of hydrogen-bond donors (Lipinski definition) is 3. The summed E-state index contributed by atoms with van der Waals surface area (Å²) in [7, 11) is 1.68. The summed E-state index contributed by atoms with van der Waals surface area (Å²) in [6, 6.07) is 8.34. The van der Waals surface area contributed by atoms with Crippen LogP contribution in [0.3, 0.4) is 0 Å². The molecule has 0 bridgehead atoms. The maximum atomic E-state index is 9.40. The Balaban J connectivity index is 1.21. The summed E-state index contributed by atoms with van der Waals surface area (Å²) in [6.45, 7) is 6.72. The van der Waals surface area contributed by atoms with E-state index < -0.39 is 6.10 Å². The van der Waals surface area contributed by atoms with Crippen LogP contribution in [0.2, 0.25) is 0 Å². The predicted octanol–water partition coefficient (Wildman–Crippen LogP) is 4.43. The Morgan fingerprint density at radius 1 is 1.02 bits per heavy atom. The van der Waals surface area contributed by atoms with Crippen LogP contribution >= 0.6 is 0 Å². The smallest absolute Gasteiger partial charge is 0.257 e. The average molecular weight is 591 g/mol. The van der Waals surface area contributed by atoms with E-state index in [2.05, 4.69) is 26.3 Å². The van der Waals surface area contributed by atoms with Gasteiger partial charge < -0.3 is 29.0 Å². The molecule has 1 aliphatic carbocycles. The van der Waals surface area contributed by atoms with Gasteiger partial charge in [-0.1, -0.05) is 11.3 Å². The number of ether oxygens (including phenoxy) is 3. The first-order valence-corrected chi connectivity index (χ1v) is 14.7. The second kappa shape index (κ2) is 12.6. The van der Waals surface area contributed by atoms with Crippen LogP contribution in [0.25, 0.3) is 10.9 Å². The van der Waals surface area contributed by atoms with Gasteiger partial charge in [0.05, 0.1) is 42.2 Å². The molecule has 3 N–H and O–H groups in total. The lowest BCUT2D eigenvalue weighted by atomic mass is 9.93. The van der Waals surface area contributed by atoms with Crippen molar-refractivity contribution >= 4 is 28.5 Å². The van der Waals surface area contributed by atoms with Crippen molar-refractivity contribution in [3.8, 4) is 11.6 Å². The minimum Gasteiger partial charge on any atom is -0.483 e. The monoisotopic (exact) mass is 590 g/mol. The first-order valence-electron chi connectivity index (χ1n) is 14.7. The first kappa shape index (κ1) is 28.9. The van der Waals surface area contributed by atoms with Crippen molar-refractivity contribution in [3.63, 3.8) is 0 Å². The van der Waals surface area contributed by atoms with E-state index in [1.54, 1.807) is 24.0 Å². The molecule has 2 fully saturated rings. The van der Waals surface area contributed by atoms with E-state index in [-0.39, 0.29) is 17.3 Å². The van der Waals surface area contributed by atoms with E-state index in [0.29, 0.717) is 36.6 Å². The van der Waals surface area contributed by atoms with Crippen molar-refractivity contribution in [1.29, 1.82) is 0 Å². The van der Waals surface area contributed by atoms with Crippen LogP contribution in [0.15, 0.2) is 42.9 Å². The van der Waals surface area contributed by atoms with Gasteiger partial charge in [0, 0.05) is 38.4 Å². The number of nitrogens with zero attached hydrogens (tertiary/aromatic N) is 7. The number of aryl methyl sites for hydroxylation is 1. The number of anilines is 3. The van der Waals surface area contributed by atoms with Crippen molar-refractivity contribution in [2.75, 3.05) is 41.7 Å². The third-order valence-electron chi connectivity index (χ3n) is 8.06. The van der Waals surface area contributed by atoms with Gasteiger partial charge >= 0.3 is 0 Å². The van der Waals surface area contributed by atoms with E-state index >= 15 is 0 Å². The van der Waals surface area contributed by atoms with Crippen molar-refractivity contribution < 1.29 is 24.6 Å². The molecule has 0 amide bonds. The Morgan fingerprint density at radius 3 is 2.51 bits per heavy atom. The van der Waals surface area contributed by atoms with Crippen molar-refractivity contribution in [1.82, 2.24) is 24.5 Å². The molecule has 13 nitrogen and oxygen atoms in total. The number of imidazole rings is 1. The minimum atomic E-state index is -0.443. The summed E-state index contributed by atoms with van der Waals surface area (Å²) < 4.78 is 19.9. The van der Waals surface area contributed by atoms with E-state index in [4.69, 9.17) is 24.2 Å². The Morgan fingerprint density at radius 2 is 1.81 bits per heavy atom. The second-order valence-corrected chi connectivity index (χ2v) is 11.2. The zero-order valence-corrected chi connectivity index (χ0v) is 24.7. The molecule has 0 aromatic carbocycles. The standard InChI is InChI=1S/C30H38N8O5/c1-19-4-9-27(32-16-19)34-21-5-7-22(8-6-21)43-29-24-14-23(42-20(2)26-18-33-30(36(26)3)38(39)40)17-31-25(24)15-28(35-29)37-10-12-41-13-11-37/h4,9,14-18,20-22,39-40H,5-8,10-13H2,1-3H3,(H,32,34). The summed E-state index contributed by atoms with van der Waals surface area (Å²) >= 11 is 0. The predicted molar refractivity (Wildman–Crippen MR) is 160 cm³/mol. The second-order valence-electron chi connectivity index (χ2n) is 11.2. The number of nitrogens with one attached hydrogen (secondary N) is 1. The molecule has 4 aromatic heterocycles. The molecule has 6 rings (SSSR count). The van der Waals surface area contributed by atoms with E-state index in [1.165, 1.54) is 0 Å². The molecular weight excluding hydrogens is 552 g/mol. The number of pyridine rings is 3. The molecule has 2 aliphatic rings. The molecular formula is C30H38N8O5. The number of fused-ring (bicyclic) bond motifs is 1. The number of hydrogen-bond acceptors (Lipinski definition) is 12. The lowest BCUT2D eigenvalue weighted by Crippen LogP contribution is -2.37. The van der Waals surface area contributed by atoms with Crippen LogP contribution in [0, 0.1) is 6.92 Å². The zero-order chi connectivity index (χ0) is 29.9. The van der Waals surface area contributed by atoms with Crippen LogP contribution in [0.4, 0.5) is 17.6 Å². The largest absolute Gasteiger partial charge is 0.483 e. The molecule has 5 heterocycles. The molecule has 1 aliphatic heterocycles. The normalized spacial score (nSPS) is 19.7. The number of rotatable bonds is 9. The van der Waals surface area contributed by atoms with E-state index in [0.717, 1.165) is 66.9 Å². The highest BCUT2D eigenvalue weighted by Crippen LogP contribution is 2.34. The van der Waals surface area contributed by atoms with Crippen LogP contribution in [0.5, 0.6) is 11.6 Å². The Labute approximate surface area is 250 Å². The van der Waals surface area contributed by atoms with Gasteiger partial charge in [0.25, 0.3) is 5.95 Å². The SMILES string of the molecule is Cc1ccc(NC2CCC(Oc3nc(N4CCOCC4)cc4ncc(OC(C)c5cnc(N(O)O)n5C)cc34)CC2)nc1. The molecule has 1 atom stereocenters. The third kappa shape index (κ3) is 6.58. The minimum absolute atomic E-state index is 0.0158. The maximum absolute atomic E-state index is 9.40. The molecule has 4 aromatic rings. The van der Waals surface area contributed by atoms with Gasteiger partial charge in [0.15, 0.2) is 0 Å². The maximum Gasteiger partial charge on any atom is 0.257 e. The molecule has 0 radical (unpaired) electrons. The summed E-state index contributed by atoms with van der Waals surface area (Å²) in [5.41, 5.74) is 2.57. The average Bonchev–Trinajstić information content (AvgIpc) is 3.41. The van der Waals surface area contributed by atoms with Gasteiger partial charge in [-0.25, -0.2) is 9.97 Å². The molecule has 1 saturated heterocycles. The molecule has 1 saturated carbocycles. The molecule has 13 heteroatoms. The Kier molecular flexibility index (Phi) is 8.45. The van der Waals surface area contributed by atoms with Crippen molar-refractivity contribution in [2.45, 2.75) is 57.8 Å². The highest BCUT2D eigenvalue weighted by Gasteiger charge is 2.25. The van der Waals surface area contributed by atoms with Crippen LogP contribution in [-0.2, 0) is 11.8 Å². The highest BCUT2D eigenvalue weighted by atomic mass is 16.8. The quantitative estimate of drug-likeness (QED) is 0.237. The lowest BCUT2D eigenvalue weighted by Gasteiger charge is -2.31. The summed E-state index contributed by atoms with van der Waals surface area (Å²) in [5, 5.41) is 23.1. The van der Waals surface area contributed by atoms with Crippen molar-refractivity contribution in [3.05, 3.63) is 54.1 Å². The lowest BCUT2D eigenvalue weighted by molar-refractivity contribution is 0.0226. The third-order valence-corrected chi connectivity index (χ3v) is 8.06. The van der Waals surface area contributed by atoms with Crippen LogP contribution in [0.1, 0.15) is 50.0 Å². The fourth-order valence-corrected chi connectivity index (χ4v) is 5.66. The highest BCUT2D eigenvalue weighted by molar-refractivity contribution is 5.87. The Bertz CT molecular complexity index is 1530. The topological polar surface area (TPSA) is 143 Å². The molecule has 43 heavy (non-hydrogen) atoms. The number of aromatic nitrogens is 5. The summed E-state index contributed by atoms with van der Waals surface area (Å²) in [5.74, 6) is 2.79. The summed E-state index contributed by atoms with van der Waals surface area (Å²) in [4.78, 5) is 20.4. The van der Waals surface area contributed by atoms with Gasteiger partial charge in [-0.2, -0.15) is 4.98 Å². The first-order chi connectivity index (χ1) is 20.8.